The Balaban J connectivity index is 2.06. The summed E-state index contributed by atoms with van der Waals surface area (Å²) >= 11 is 0. The molecule has 1 N–H and O–H groups in total. The van der Waals surface area contributed by atoms with Crippen molar-refractivity contribution in [2.24, 2.45) is 0 Å². The van der Waals surface area contributed by atoms with Gasteiger partial charge in [-0.1, -0.05) is 117 Å². The number of hydrogen-bond donors (Lipinski definition) is 1. The minimum absolute atomic E-state index is 0.00579. The van der Waals surface area contributed by atoms with E-state index in [1.165, 1.54) is 103 Å². The van der Waals surface area contributed by atoms with Gasteiger partial charge in [0, 0.05) is 13.2 Å². The number of likely N-dealkylation sites (tertiary alicyclic amines) is 1. The number of unbranched alkanes of at least 4 members (excludes halogenated alkanes) is 15. The van der Waals surface area contributed by atoms with Crippen molar-refractivity contribution in [2.75, 3.05) is 59.7 Å². The molecule has 0 radical (unpaired) electrons. The predicted molar refractivity (Wildman–Crippen MR) is 164 cm³/mol. The summed E-state index contributed by atoms with van der Waals surface area (Å²) in [6.07, 6.45) is 25.4. The van der Waals surface area contributed by atoms with Crippen LogP contribution in [0.2, 0.25) is 0 Å². The summed E-state index contributed by atoms with van der Waals surface area (Å²) in [6.45, 7) is 9.42. The smallest absolute Gasteiger partial charge is 0.380 e. The average Bonchev–Trinajstić information content (AvgIpc) is 2.94. The van der Waals surface area contributed by atoms with E-state index in [-0.39, 0.29) is 19.3 Å². The number of hydrogen-bond acceptors (Lipinski definition) is 6. The van der Waals surface area contributed by atoms with E-state index >= 15 is 0 Å². The highest BCUT2D eigenvalue weighted by molar-refractivity contribution is 7.47. The molecule has 39 heavy (non-hydrogen) atoms. The monoisotopic (exact) mass is 576 g/mol. The Hall–Kier alpha value is -0.0100. The molecule has 1 aliphatic rings. The standard InChI is InChI=1S/C31H65N2O5P/c1-4-6-7-8-9-10-11-12-13-14-15-16-17-18-19-23-27-36-29-31(33-24-21-20-22-25-33)30-38-39(34,35)37-28-26-32(3)5-2/h31H,4-30H2,1-3H3,(H,34,35). The Bertz CT molecular complexity index is 577. The van der Waals surface area contributed by atoms with Crippen LogP contribution in [-0.4, -0.2) is 80.4 Å². The lowest BCUT2D eigenvalue weighted by molar-refractivity contribution is 0.0176. The minimum Gasteiger partial charge on any atom is -0.380 e. The molecule has 0 saturated carbocycles. The van der Waals surface area contributed by atoms with Gasteiger partial charge < -0.3 is 14.5 Å². The third kappa shape index (κ3) is 22.3. The molecule has 8 heteroatoms. The second kappa shape index (κ2) is 25.7. The van der Waals surface area contributed by atoms with E-state index in [1.807, 2.05) is 18.9 Å². The van der Waals surface area contributed by atoms with Gasteiger partial charge in [0.05, 0.1) is 25.9 Å². The van der Waals surface area contributed by atoms with Gasteiger partial charge in [-0.15, -0.1) is 0 Å². The Morgan fingerprint density at radius 3 is 1.74 bits per heavy atom. The first-order valence-corrected chi connectivity index (χ1v) is 18.1. The fraction of sp³-hybridized carbons (Fsp3) is 1.00. The summed E-state index contributed by atoms with van der Waals surface area (Å²) in [5, 5.41) is 0. The lowest BCUT2D eigenvalue weighted by Crippen LogP contribution is -2.44. The van der Waals surface area contributed by atoms with Gasteiger partial charge in [-0.2, -0.15) is 0 Å². The average molecular weight is 577 g/mol. The summed E-state index contributed by atoms with van der Waals surface area (Å²) in [6, 6.07) is -0.00579. The molecule has 0 amide bonds. The summed E-state index contributed by atoms with van der Waals surface area (Å²) in [5.74, 6) is 0. The molecule has 1 heterocycles. The zero-order chi connectivity index (χ0) is 28.4. The van der Waals surface area contributed by atoms with Crippen molar-refractivity contribution in [3.63, 3.8) is 0 Å². The van der Waals surface area contributed by atoms with Crippen LogP contribution < -0.4 is 0 Å². The van der Waals surface area contributed by atoms with E-state index in [4.69, 9.17) is 13.8 Å². The van der Waals surface area contributed by atoms with Gasteiger partial charge in [0.1, 0.15) is 0 Å². The normalized spacial score (nSPS) is 17.1. The van der Waals surface area contributed by atoms with E-state index in [0.29, 0.717) is 13.2 Å². The van der Waals surface area contributed by atoms with E-state index < -0.39 is 7.82 Å². The van der Waals surface area contributed by atoms with E-state index in [2.05, 4.69) is 11.8 Å². The Morgan fingerprint density at radius 2 is 1.23 bits per heavy atom. The van der Waals surface area contributed by atoms with Crippen molar-refractivity contribution in [3.8, 4) is 0 Å². The lowest BCUT2D eigenvalue weighted by Gasteiger charge is -2.34. The van der Waals surface area contributed by atoms with Crippen LogP contribution in [0.25, 0.3) is 0 Å². The quantitative estimate of drug-likeness (QED) is 0.0743. The second-order valence-electron chi connectivity index (χ2n) is 11.6. The van der Waals surface area contributed by atoms with Crippen LogP contribution in [-0.2, 0) is 18.3 Å². The van der Waals surface area contributed by atoms with E-state index in [9.17, 15) is 9.46 Å². The summed E-state index contributed by atoms with van der Waals surface area (Å²) in [7, 11) is -2.10. The van der Waals surface area contributed by atoms with Crippen LogP contribution in [0.3, 0.4) is 0 Å². The van der Waals surface area contributed by atoms with Crippen LogP contribution in [0.1, 0.15) is 136 Å². The minimum atomic E-state index is -4.05. The lowest BCUT2D eigenvalue weighted by atomic mass is 10.0. The highest BCUT2D eigenvalue weighted by atomic mass is 31.2. The maximum Gasteiger partial charge on any atom is 0.472 e. The largest absolute Gasteiger partial charge is 0.472 e. The first kappa shape index (κ1) is 37.0. The summed E-state index contributed by atoms with van der Waals surface area (Å²) in [5.41, 5.74) is 0. The van der Waals surface area contributed by atoms with Crippen LogP contribution >= 0.6 is 7.82 Å². The maximum absolute atomic E-state index is 12.3. The molecule has 2 unspecified atom stereocenters. The summed E-state index contributed by atoms with van der Waals surface area (Å²) < 4.78 is 28.9. The molecule has 0 spiro atoms. The van der Waals surface area contributed by atoms with Gasteiger partial charge in [-0.25, -0.2) is 4.57 Å². The number of nitrogens with zero attached hydrogens (tertiary/aromatic N) is 2. The molecule has 0 aromatic carbocycles. The molecule has 1 rings (SSSR count). The summed E-state index contributed by atoms with van der Waals surface area (Å²) in [4.78, 5) is 14.5. The SMILES string of the molecule is CCCCCCCCCCCCCCCCCCOCC(COP(=O)(O)OCCN(C)CC)N1CCCCC1. The van der Waals surface area contributed by atoms with Gasteiger partial charge in [-0.05, 0) is 45.9 Å². The fourth-order valence-corrected chi connectivity index (χ4v) is 5.95. The van der Waals surface area contributed by atoms with Gasteiger partial charge in [0.25, 0.3) is 0 Å². The maximum atomic E-state index is 12.3. The van der Waals surface area contributed by atoms with Crippen molar-refractivity contribution < 1.29 is 23.2 Å². The number of phosphoric ester groups is 1. The van der Waals surface area contributed by atoms with Crippen molar-refractivity contribution in [1.29, 1.82) is 0 Å². The van der Waals surface area contributed by atoms with Crippen LogP contribution in [0.15, 0.2) is 0 Å². The zero-order valence-corrected chi connectivity index (χ0v) is 27.0. The number of phosphoric acid groups is 1. The van der Waals surface area contributed by atoms with Crippen LogP contribution in [0.4, 0.5) is 0 Å². The number of rotatable bonds is 28. The van der Waals surface area contributed by atoms with Gasteiger partial charge in [0.15, 0.2) is 0 Å². The molecule has 1 saturated heterocycles. The number of piperidine rings is 1. The first-order valence-electron chi connectivity index (χ1n) is 16.6. The first-order chi connectivity index (χ1) is 19.0. The third-order valence-corrected chi connectivity index (χ3v) is 9.04. The highest BCUT2D eigenvalue weighted by Gasteiger charge is 2.27. The molecule has 7 nitrogen and oxygen atoms in total. The Morgan fingerprint density at radius 1 is 0.718 bits per heavy atom. The van der Waals surface area contributed by atoms with Crippen LogP contribution in [0, 0.1) is 0 Å². The zero-order valence-electron chi connectivity index (χ0n) is 26.1. The molecule has 0 aromatic heterocycles. The van der Waals surface area contributed by atoms with Gasteiger partial charge >= 0.3 is 7.82 Å². The highest BCUT2D eigenvalue weighted by Crippen LogP contribution is 2.43. The molecule has 1 fully saturated rings. The van der Waals surface area contributed by atoms with E-state index in [1.54, 1.807) is 0 Å². The molecular weight excluding hydrogens is 511 g/mol. The van der Waals surface area contributed by atoms with Crippen molar-refractivity contribution in [1.82, 2.24) is 9.80 Å². The molecule has 0 aliphatic carbocycles. The van der Waals surface area contributed by atoms with E-state index in [0.717, 1.165) is 45.5 Å². The van der Waals surface area contributed by atoms with Crippen molar-refractivity contribution >= 4 is 7.82 Å². The fourth-order valence-electron chi connectivity index (χ4n) is 5.20. The molecule has 0 aromatic rings. The van der Waals surface area contributed by atoms with Gasteiger partial charge in [0.2, 0.25) is 0 Å². The Labute approximate surface area is 242 Å². The molecule has 234 valence electrons. The topological polar surface area (TPSA) is 71.5 Å². The van der Waals surface area contributed by atoms with Gasteiger partial charge in [-0.3, -0.25) is 13.9 Å². The predicted octanol–water partition coefficient (Wildman–Crippen LogP) is 8.20. The third-order valence-electron chi connectivity index (χ3n) is 8.06. The molecule has 2 atom stereocenters. The molecular formula is C31H65N2O5P. The molecule has 0 bridgehead atoms. The number of ether oxygens (including phenoxy) is 1. The van der Waals surface area contributed by atoms with Crippen LogP contribution in [0.5, 0.6) is 0 Å². The Kier molecular flexibility index (Phi) is 24.4. The van der Waals surface area contributed by atoms with Crippen molar-refractivity contribution in [2.45, 2.75) is 142 Å². The van der Waals surface area contributed by atoms with Crippen molar-refractivity contribution in [3.05, 3.63) is 0 Å². The molecule has 1 aliphatic heterocycles. The second-order valence-corrected chi connectivity index (χ2v) is 13.1. The number of likely N-dealkylation sites (N-methyl/N-ethyl adjacent to an activating group) is 1.